The molecule has 0 aromatic heterocycles. The Balaban J connectivity index is 2.05. The lowest BCUT2D eigenvalue weighted by molar-refractivity contribution is -0.146. The molecule has 0 aliphatic rings. The third-order valence-corrected chi connectivity index (χ3v) is 4.94. The molecule has 2 aromatic rings. The summed E-state index contributed by atoms with van der Waals surface area (Å²) in [4.78, 5) is 12.7. The molecule has 6 heteroatoms. The van der Waals surface area contributed by atoms with Crippen molar-refractivity contribution in [1.29, 1.82) is 0 Å². The largest absolute Gasteiger partial charge is 0.494 e. The fourth-order valence-corrected chi connectivity index (χ4v) is 3.32. The van der Waals surface area contributed by atoms with Gasteiger partial charge in [-0.05, 0) is 68.0 Å². The minimum Gasteiger partial charge on any atom is -0.494 e. The number of esters is 1. The van der Waals surface area contributed by atoms with Crippen LogP contribution in [-0.4, -0.2) is 49.6 Å². The average molecular weight is 444 g/mol. The molecule has 0 radical (unpaired) electrons. The minimum absolute atomic E-state index is 0.0884. The van der Waals surface area contributed by atoms with Crippen LogP contribution in [0.1, 0.15) is 44.7 Å². The van der Waals surface area contributed by atoms with Gasteiger partial charge < -0.3 is 19.3 Å². The van der Waals surface area contributed by atoms with Crippen molar-refractivity contribution in [3.8, 4) is 11.5 Å². The van der Waals surface area contributed by atoms with Gasteiger partial charge in [-0.3, -0.25) is 10.1 Å². The Bertz CT molecular complexity index is 776. The third-order valence-electron chi connectivity index (χ3n) is 4.94. The predicted octanol–water partition coefficient (Wildman–Crippen LogP) is 3.93. The zero-order chi connectivity index (χ0) is 23.2. The molecule has 32 heavy (non-hydrogen) atoms. The molecule has 0 aliphatic carbocycles. The van der Waals surface area contributed by atoms with E-state index >= 15 is 0 Å². The van der Waals surface area contributed by atoms with Crippen LogP contribution in [-0.2, 0) is 22.4 Å². The number of ether oxygens (including phenoxy) is 3. The van der Waals surface area contributed by atoms with Crippen molar-refractivity contribution >= 4 is 5.97 Å². The molecule has 0 aliphatic heterocycles. The fraction of sp³-hybridized carbons (Fsp3) is 0.500. The summed E-state index contributed by atoms with van der Waals surface area (Å²) in [5.74, 6) is 1.33. The molecule has 0 fully saturated rings. The van der Waals surface area contributed by atoms with Crippen LogP contribution in [0, 0.1) is 0 Å². The summed E-state index contributed by atoms with van der Waals surface area (Å²) < 4.78 is 16.5. The number of benzene rings is 2. The van der Waals surface area contributed by atoms with Crippen LogP contribution < -0.4 is 14.8 Å². The van der Waals surface area contributed by atoms with E-state index in [1.807, 2.05) is 62.4 Å². The van der Waals surface area contributed by atoms with E-state index in [1.165, 1.54) is 0 Å². The maximum absolute atomic E-state index is 12.7. The quantitative estimate of drug-likeness (QED) is 0.406. The highest BCUT2D eigenvalue weighted by Gasteiger charge is 2.24. The normalized spacial score (nSPS) is 12.8. The third kappa shape index (κ3) is 8.89. The molecule has 2 atom stereocenters. The molecule has 176 valence electrons. The molecule has 2 rings (SSSR count). The van der Waals surface area contributed by atoms with Crippen LogP contribution in [0.15, 0.2) is 48.5 Å². The van der Waals surface area contributed by atoms with Gasteiger partial charge in [0, 0.05) is 6.04 Å². The Hall–Kier alpha value is -2.57. The summed E-state index contributed by atoms with van der Waals surface area (Å²) in [5.41, 5.74) is 2.05. The predicted molar refractivity (Wildman–Crippen MR) is 126 cm³/mol. The molecule has 0 saturated heterocycles. The Morgan fingerprint density at radius 1 is 0.844 bits per heavy atom. The van der Waals surface area contributed by atoms with Crippen molar-refractivity contribution in [1.82, 2.24) is 5.32 Å². The summed E-state index contributed by atoms with van der Waals surface area (Å²) >= 11 is 0. The van der Waals surface area contributed by atoms with Crippen molar-refractivity contribution in [3.05, 3.63) is 59.7 Å². The van der Waals surface area contributed by atoms with Crippen LogP contribution in [0.5, 0.6) is 11.5 Å². The molecule has 2 N–H and O–H groups in total. The number of rotatable bonds is 15. The minimum atomic E-state index is -0.552. The second-order valence-electron chi connectivity index (χ2n) is 7.74. The van der Waals surface area contributed by atoms with Crippen molar-refractivity contribution < 1.29 is 24.1 Å². The first-order valence-corrected chi connectivity index (χ1v) is 11.6. The molecule has 2 unspecified atom stereocenters. The zero-order valence-electron chi connectivity index (χ0n) is 19.5. The lowest BCUT2D eigenvalue weighted by Crippen LogP contribution is -2.48. The van der Waals surface area contributed by atoms with Gasteiger partial charge in [0.05, 0.1) is 26.4 Å². The number of hydrogen-bond acceptors (Lipinski definition) is 6. The lowest BCUT2D eigenvalue weighted by Gasteiger charge is -2.24. The topological polar surface area (TPSA) is 77.0 Å². The Kier molecular flexibility index (Phi) is 11.6. The van der Waals surface area contributed by atoms with Crippen LogP contribution in [0.3, 0.4) is 0 Å². The van der Waals surface area contributed by atoms with Crippen molar-refractivity contribution in [2.45, 2.75) is 58.5 Å². The Morgan fingerprint density at radius 2 is 1.41 bits per heavy atom. The summed E-state index contributed by atoms with van der Waals surface area (Å²) in [6, 6.07) is 14.7. The molecule has 2 aromatic carbocycles. The van der Waals surface area contributed by atoms with Gasteiger partial charge in [0.2, 0.25) is 0 Å². The first-order chi connectivity index (χ1) is 15.6. The summed E-state index contributed by atoms with van der Waals surface area (Å²) in [7, 11) is 0. The van der Waals surface area contributed by atoms with Gasteiger partial charge in [0.15, 0.2) is 0 Å². The molecular weight excluding hydrogens is 406 g/mol. The number of aliphatic hydroxyl groups excluding tert-OH is 1. The summed E-state index contributed by atoms with van der Waals surface area (Å²) in [5, 5.41) is 13.3. The molecule has 6 nitrogen and oxygen atoms in total. The maximum Gasteiger partial charge on any atom is 0.323 e. The van der Waals surface area contributed by atoms with Gasteiger partial charge in [0.25, 0.3) is 0 Å². The Morgan fingerprint density at radius 3 is 1.94 bits per heavy atom. The van der Waals surface area contributed by atoms with Gasteiger partial charge in [-0.1, -0.05) is 38.1 Å². The van der Waals surface area contributed by atoms with Crippen molar-refractivity contribution in [3.63, 3.8) is 0 Å². The van der Waals surface area contributed by atoms with Gasteiger partial charge >= 0.3 is 5.97 Å². The number of carbonyl (C=O) groups is 1. The highest BCUT2D eigenvalue weighted by atomic mass is 16.5. The van der Waals surface area contributed by atoms with E-state index in [-0.39, 0.29) is 18.6 Å². The van der Waals surface area contributed by atoms with Gasteiger partial charge in [0.1, 0.15) is 17.5 Å². The highest BCUT2D eigenvalue weighted by Crippen LogP contribution is 2.16. The lowest BCUT2D eigenvalue weighted by atomic mass is 10.0. The van der Waals surface area contributed by atoms with E-state index in [2.05, 4.69) is 12.2 Å². The second kappa shape index (κ2) is 14.5. The summed E-state index contributed by atoms with van der Waals surface area (Å²) in [6.07, 6.45) is 2.78. The van der Waals surface area contributed by atoms with Crippen LogP contribution in [0.2, 0.25) is 0 Å². The van der Waals surface area contributed by atoms with Gasteiger partial charge in [-0.15, -0.1) is 0 Å². The number of nitrogens with one attached hydrogen (secondary N) is 1. The average Bonchev–Trinajstić information content (AvgIpc) is 2.82. The molecule has 0 bridgehead atoms. The first-order valence-electron chi connectivity index (χ1n) is 11.6. The molecule has 0 heterocycles. The zero-order valence-corrected chi connectivity index (χ0v) is 19.5. The molecular formula is C26H37NO5. The van der Waals surface area contributed by atoms with E-state index in [1.54, 1.807) is 0 Å². The molecule has 0 spiro atoms. The second-order valence-corrected chi connectivity index (χ2v) is 7.74. The smallest absolute Gasteiger partial charge is 0.323 e. The van der Waals surface area contributed by atoms with Crippen molar-refractivity contribution in [2.75, 3.05) is 26.4 Å². The van der Waals surface area contributed by atoms with Gasteiger partial charge in [-0.2, -0.15) is 0 Å². The summed E-state index contributed by atoms with van der Waals surface area (Å²) in [6.45, 7) is 7.56. The fourth-order valence-electron chi connectivity index (χ4n) is 3.32. The van der Waals surface area contributed by atoms with E-state index in [9.17, 15) is 9.90 Å². The Labute approximate surface area is 191 Å². The van der Waals surface area contributed by atoms with E-state index < -0.39 is 6.04 Å². The first kappa shape index (κ1) is 25.7. The number of hydrogen-bond donors (Lipinski definition) is 2. The van der Waals surface area contributed by atoms with E-state index in [0.717, 1.165) is 35.5 Å². The number of aliphatic hydroxyl groups is 1. The van der Waals surface area contributed by atoms with Gasteiger partial charge in [-0.25, -0.2) is 0 Å². The SMILES string of the molecule is CCCOC(=O)C(Cc1ccc(OCC)cc1)NC(CO)Cc1ccc(OCCC)cc1. The van der Waals surface area contributed by atoms with Crippen molar-refractivity contribution in [2.24, 2.45) is 0 Å². The monoisotopic (exact) mass is 443 g/mol. The van der Waals surface area contributed by atoms with Crippen LogP contribution >= 0.6 is 0 Å². The van der Waals surface area contributed by atoms with Crippen LogP contribution in [0.4, 0.5) is 0 Å². The standard InChI is InChI=1S/C26H37NO5/c1-4-15-31-24-13-7-20(8-14-24)17-22(19-28)27-25(26(29)32-16-5-2)18-21-9-11-23(12-10-21)30-6-3/h7-14,22,25,27-28H,4-6,15-19H2,1-3H3. The molecule has 0 saturated carbocycles. The number of carbonyl (C=O) groups excluding carboxylic acids is 1. The van der Waals surface area contributed by atoms with Crippen LogP contribution in [0.25, 0.3) is 0 Å². The maximum atomic E-state index is 12.7. The highest BCUT2D eigenvalue weighted by molar-refractivity contribution is 5.76. The van der Waals surface area contributed by atoms with E-state index in [0.29, 0.717) is 32.7 Å². The molecule has 0 amide bonds. The van der Waals surface area contributed by atoms with E-state index in [4.69, 9.17) is 14.2 Å².